The van der Waals surface area contributed by atoms with Crippen LogP contribution >= 0.6 is 11.6 Å². The van der Waals surface area contributed by atoms with Crippen LogP contribution in [-0.4, -0.2) is 9.55 Å². The molecule has 19 heavy (non-hydrogen) atoms. The van der Waals surface area contributed by atoms with Crippen molar-refractivity contribution in [2.75, 3.05) is 0 Å². The zero-order chi connectivity index (χ0) is 13.4. The first kappa shape index (κ1) is 11.9. The van der Waals surface area contributed by atoms with E-state index >= 15 is 0 Å². The van der Waals surface area contributed by atoms with E-state index < -0.39 is 0 Å². The van der Waals surface area contributed by atoms with Crippen molar-refractivity contribution in [3.05, 3.63) is 69.7 Å². The van der Waals surface area contributed by atoms with E-state index in [1.54, 1.807) is 24.5 Å². The molecule has 0 saturated carbocycles. The number of aryl methyl sites for hydroxylation is 1. The molecule has 0 unspecified atom stereocenters. The molecular formula is C15H11ClN2O. The Balaban J connectivity index is 2.35. The number of hydrogen-bond donors (Lipinski definition) is 0. The van der Waals surface area contributed by atoms with Crippen LogP contribution in [0.3, 0.4) is 0 Å². The Hall–Kier alpha value is -2.13. The average Bonchev–Trinajstić information content (AvgIpc) is 2.43. The highest BCUT2D eigenvalue weighted by molar-refractivity contribution is 6.30. The Morgan fingerprint density at radius 1 is 1.16 bits per heavy atom. The van der Waals surface area contributed by atoms with Crippen molar-refractivity contribution in [2.45, 2.75) is 6.92 Å². The van der Waals surface area contributed by atoms with Crippen molar-refractivity contribution in [1.29, 1.82) is 0 Å². The van der Waals surface area contributed by atoms with Crippen LogP contribution in [0.4, 0.5) is 0 Å². The van der Waals surface area contributed by atoms with E-state index in [4.69, 9.17) is 11.6 Å². The molecule has 3 aromatic rings. The van der Waals surface area contributed by atoms with Crippen molar-refractivity contribution in [2.24, 2.45) is 0 Å². The number of rotatable bonds is 1. The molecule has 0 radical (unpaired) electrons. The molecule has 0 aliphatic heterocycles. The smallest absolute Gasteiger partial charge is 0.265 e. The molecule has 0 aliphatic carbocycles. The number of benzene rings is 2. The van der Waals surface area contributed by atoms with E-state index in [-0.39, 0.29) is 5.56 Å². The van der Waals surface area contributed by atoms with Gasteiger partial charge in [-0.05, 0) is 36.8 Å². The van der Waals surface area contributed by atoms with Crippen LogP contribution in [0.5, 0.6) is 0 Å². The van der Waals surface area contributed by atoms with Crippen molar-refractivity contribution in [3.8, 4) is 5.69 Å². The van der Waals surface area contributed by atoms with Gasteiger partial charge in [0.15, 0.2) is 0 Å². The number of halogens is 1. The molecule has 0 spiro atoms. The van der Waals surface area contributed by atoms with Crippen LogP contribution in [0.25, 0.3) is 16.6 Å². The SMILES string of the molecule is Cc1ccc(Cl)cc1-n1cnc2ccccc2c1=O. The van der Waals surface area contributed by atoms with Gasteiger partial charge in [-0.2, -0.15) is 0 Å². The highest BCUT2D eigenvalue weighted by Gasteiger charge is 2.07. The van der Waals surface area contributed by atoms with Crippen LogP contribution < -0.4 is 5.56 Å². The topological polar surface area (TPSA) is 34.9 Å². The summed E-state index contributed by atoms with van der Waals surface area (Å²) in [6, 6.07) is 12.8. The van der Waals surface area contributed by atoms with Gasteiger partial charge in [0.2, 0.25) is 0 Å². The molecular weight excluding hydrogens is 260 g/mol. The number of para-hydroxylation sites is 1. The van der Waals surface area contributed by atoms with Gasteiger partial charge in [-0.1, -0.05) is 29.8 Å². The molecule has 0 bridgehead atoms. The van der Waals surface area contributed by atoms with Crippen LogP contribution in [0.2, 0.25) is 5.02 Å². The van der Waals surface area contributed by atoms with Gasteiger partial charge in [-0.3, -0.25) is 9.36 Å². The molecule has 2 aromatic carbocycles. The van der Waals surface area contributed by atoms with Gasteiger partial charge in [-0.25, -0.2) is 4.98 Å². The van der Waals surface area contributed by atoms with E-state index in [0.717, 1.165) is 11.3 Å². The molecule has 4 heteroatoms. The second-order valence-corrected chi connectivity index (χ2v) is 4.80. The van der Waals surface area contributed by atoms with E-state index in [2.05, 4.69) is 4.98 Å². The maximum Gasteiger partial charge on any atom is 0.265 e. The predicted octanol–water partition coefficient (Wildman–Crippen LogP) is 3.35. The van der Waals surface area contributed by atoms with Gasteiger partial charge < -0.3 is 0 Å². The monoisotopic (exact) mass is 270 g/mol. The number of aromatic nitrogens is 2. The van der Waals surface area contributed by atoms with E-state index in [0.29, 0.717) is 15.9 Å². The van der Waals surface area contributed by atoms with Gasteiger partial charge in [-0.15, -0.1) is 0 Å². The Morgan fingerprint density at radius 3 is 2.79 bits per heavy atom. The minimum Gasteiger partial charge on any atom is -0.268 e. The normalized spacial score (nSPS) is 10.8. The fraction of sp³-hybridized carbons (Fsp3) is 0.0667. The average molecular weight is 271 g/mol. The van der Waals surface area contributed by atoms with Gasteiger partial charge in [0.25, 0.3) is 5.56 Å². The van der Waals surface area contributed by atoms with Crippen molar-refractivity contribution in [1.82, 2.24) is 9.55 Å². The summed E-state index contributed by atoms with van der Waals surface area (Å²) in [5.41, 5.74) is 2.35. The highest BCUT2D eigenvalue weighted by atomic mass is 35.5. The molecule has 0 atom stereocenters. The minimum atomic E-state index is -0.0871. The van der Waals surface area contributed by atoms with Crippen LogP contribution in [0.15, 0.2) is 53.6 Å². The third kappa shape index (κ3) is 2.02. The van der Waals surface area contributed by atoms with Gasteiger partial charge in [0.05, 0.1) is 16.6 Å². The number of fused-ring (bicyclic) bond motifs is 1. The molecule has 0 saturated heterocycles. The summed E-state index contributed by atoms with van der Waals surface area (Å²) in [5.74, 6) is 0. The van der Waals surface area contributed by atoms with Crippen LogP contribution in [0.1, 0.15) is 5.56 Å². The highest BCUT2D eigenvalue weighted by Crippen LogP contribution is 2.18. The molecule has 0 amide bonds. The van der Waals surface area contributed by atoms with Crippen molar-refractivity contribution >= 4 is 22.5 Å². The Kier molecular flexibility index (Phi) is 2.84. The quantitative estimate of drug-likeness (QED) is 0.680. The lowest BCUT2D eigenvalue weighted by Crippen LogP contribution is -2.19. The first-order chi connectivity index (χ1) is 9.16. The second-order valence-electron chi connectivity index (χ2n) is 4.37. The largest absolute Gasteiger partial charge is 0.268 e. The number of hydrogen-bond acceptors (Lipinski definition) is 2. The van der Waals surface area contributed by atoms with Gasteiger partial charge in [0.1, 0.15) is 6.33 Å². The second kappa shape index (κ2) is 4.52. The van der Waals surface area contributed by atoms with Crippen molar-refractivity contribution in [3.63, 3.8) is 0 Å². The summed E-state index contributed by atoms with van der Waals surface area (Å²) >= 11 is 6.00. The molecule has 3 rings (SSSR count). The third-order valence-corrected chi connectivity index (χ3v) is 3.33. The fourth-order valence-electron chi connectivity index (χ4n) is 2.08. The summed E-state index contributed by atoms with van der Waals surface area (Å²) in [4.78, 5) is 16.8. The molecule has 1 heterocycles. The first-order valence-corrected chi connectivity index (χ1v) is 6.27. The van der Waals surface area contributed by atoms with Gasteiger partial charge in [0, 0.05) is 5.02 Å². The molecule has 0 fully saturated rings. The van der Waals surface area contributed by atoms with Crippen LogP contribution in [0, 0.1) is 6.92 Å². The van der Waals surface area contributed by atoms with Crippen molar-refractivity contribution < 1.29 is 0 Å². The third-order valence-electron chi connectivity index (χ3n) is 3.10. The maximum atomic E-state index is 12.5. The minimum absolute atomic E-state index is 0.0871. The summed E-state index contributed by atoms with van der Waals surface area (Å²) in [6.45, 7) is 1.94. The Bertz CT molecular complexity index is 824. The summed E-state index contributed by atoms with van der Waals surface area (Å²) in [6.07, 6.45) is 1.54. The maximum absolute atomic E-state index is 12.5. The Morgan fingerprint density at radius 2 is 1.95 bits per heavy atom. The number of nitrogens with zero attached hydrogens (tertiary/aromatic N) is 2. The summed E-state index contributed by atoms with van der Waals surface area (Å²) < 4.78 is 1.53. The molecule has 3 nitrogen and oxygen atoms in total. The van der Waals surface area contributed by atoms with Gasteiger partial charge >= 0.3 is 0 Å². The van der Waals surface area contributed by atoms with E-state index in [1.807, 2.05) is 31.2 Å². The summed E-state index contributed by atoms with van der Waals surface area (Å²) in [7, 11) is 0. The molecule has 94 valence electrons. The lowest BCUT2D eigenvalue weighted by Gasteiger charge is -2.09. The first-order valence-electron chi connectivity index (χ1n) is 5.90. The van der Waals surface area contributed by atoms with E-state index in [1.165, 1.54) is 4.57 Å². The lowest BCUT2D eigenvalue weighted by atomic mass is 10.2. The zero-order valence-electron chi connectivity index (χ0n) is 10.3. The van der Waals surface area contributed by atoms with E-state index in [9.17, 15) is 4.79 Å². The predicted molar refractivity (Wildman–Crippen MR) is 77.1 cm³/mol. The van der Waals surface area contributed by atoms with Crippen LogP contribution in [-0.2, 0) is 0 Å². The molecule has 1 aromatic heterocycles. The standard InChI is InChI=1S/C15H11ClN2O/c1-10-6-7-11(16)8-14(10)18-9-17-13-5-3-2-4-12(13)15(18)19/h2-9H,1H3. The molecule has 0 aliphatic rings. The fourth-order valence-corrected chi connectivity index (χ4v) is 2.25. The zero-order valence-corrected chi connectivity index (χ0v) is 11.1. The molecule has 0 N–H and O–H groups in total. The Labute approximate surface area is 115 Å². The summed E-state index contributed by atoms with van der Waals surface area (Å²) in [5, 5.41) is 1.20. The lowest BCUT2D eigenvalue weighted by molar-refractivity contribution is 0.953.